The summed E-state index contributed by atoms with van der Waals surface area (Å²) in [6, 6.07) is 16.2. The highest BCUT2D eigenvalue weighted by Crippen LogP contribution is 2.25. The maximum atomic E-state index is 9.96. The summed E-state index contributed by atoms with van der Waals surface area (Å²) in [4.78, 5) is 6.89. The molecule has 2 aromatic heterocycles. The van der Waals surface area contributed by atoms with Crippen molar-refractivity contribution in [3.63, 3.8) is 0 Å². The number of methoxy groups -OCH3 is 1. The molecule has 3 rings (SSSR count). The van der Waals surface area contributed by atoms with Crippen LogP contribution in [-0.2, 0) is 11.3 Å². The zero-order chi connectivity index (χ0) is 16.9. The molecule has 0 aliphatic rings. The topological polar surface area (TPSA) is 50.0 Å². The van der Waals surface area contributed by atoms with Crippen molar-refractivity contribution >= 4 is 5.65 Å². The number of likely N-dealkylation sites (N-methyl/N-ethyl adjacent to an activating group) is 1. The van der Waals surface area contributed by atoms with Crippen LogP contribution in [0.25, 0.3) is 16.9 Å². The average molecular weight is 325 g/mol. The molecule has 24 heavy (non-hydrogen) atoms. The van der Waals surface area contributed by atoms with Gasteiger partial charge in [0, 0.05) is 32.0 Å². The van der Waals surface area contributed by atoms with E-state index in [9.17, 15) is 5.11 Å². The van der Waals surface area contributed by atoms with Crippen molar-refractivity contribution in [2.75, 3.05) is 27.3 Å². The van der Waals surface area contributed by atoms with E-state index >= 15 is 0 Å². The van der Waals surface area contributed by atoms with Gasteiger partial charge in [-0.2, -0.15) is 0 Å². The molecule has 1 N–H and O–H groups in total. The quantitative estimate of drug-likeness (QED) is 0.725. The van der Waals surface area contributed by atoms with E-state index in [1.807, 2.05) is 49.6 Å². The first-order valence-corrected chi connectivity index (χ1v) is 8.06. The van der Waals surface area contributed by atoms with Gasteiger partial charge in [0.15, 0.2) is 0 Å². The number of aliphatic hydroxyl groups is 1. The van der Waals surface area contributed by atoms with E-state index < -0.39 is 6.10 Å². The molecule has 0 bridgehead atoms. The van der Waals surface area contributed by atoms with Gasteiger partial charge in [0.05, 0.1) is 24.1 Å². The lowest BCUT2D eigenvalue weighted by molar-refractivity contribution is 0.0416. The molecule has 5 nitrogen and oxygen atoms in total. The maximum Gasteiger partial charge on any atom is 0.137 e. The van der Waals surface area contributed by atoms with Gasteiger partial charge in [-0.3, -0.25) is 4.90 Å². The van der Waals surface area contributed by atoms with Gasteiger partial charge in [-0.25, -0.2) is 4.98 Å². The number of fused-ring (bicyclic) bond motifs is 1. The Labute approximate surface area is 142 Å². The molecule has 0 saturated carbocycles. The predicted octanol–water partition coefficient (Wildman–Crippen LogP) is 2.44. The summed E-state index contributed by atoms with van der Waals surface area (Å²) in [7, 11) is 3.59. The molecule has 1 aromatic carbocycles. The van der Waals surface area contributed by atoms with Crippen LogP contribution in [0.5, 0.6) is 0 Å². The van der Waals surface area contributed by atoms with Crippen molar-refractivity contribution in [3.05, 3.63) is 60.4 Å². The Morgan fingerprint density at radius 2 is 1.92 bits per heavy atom. The van der Waals surface area contributed by atoms with Crippen molar-refractivity contribution in [1.29, 1.82) is 0 Å². The number of benzene rings is 1. The van der Waals surface area contributed by atoms with Gasteiger partial charge in [-0.1, -0.05) is 36.4 Å². The standard InChI is InChI=1S/C19H23N3O2/c1-21(12-16(23)14-24-2)13-17-19(15-8-4-3-5-9-15)20-18-10-6-7-11-22(17)18/h3-11,16,23H,12-14H2,1-2H3. The van der Waals surface area contributed by atoms with Crippen molar-refractivity contribution in [1.82, 2.24) is 14.3 Å². The van der Waals surface area contributed by atoms with E-state index in [0.717, 1.165) is 22.6 Å². The first-order valence-electron chi connectivity index (χ1n) is 8.06. The summed E-state index contributed by atoms with van der Waals surface area (Å²) in [6.45, 7) is 1.57. The molecule has 2 heterocycles. The highest BCUT2D eigenvalue weighted by atomic mass is 16.5. The second kappa shape index (κ2) is 7.57. The Morgan fingerprint density at radius 3 is 2.67 bits per heavy atom. The summed E-state index contributed by atoms with van der Waals surface area (Å²) >= 11 is 0. The Balaban J connectivity index is 1.93. The third-order valence-corrected chi connectivity index (χ3v) is 3.98. The smallest absolute Gasteiger partial charge is 0.137 e. The Hall–Kier alpha value is -2.21. The molecule has 0 amide bonds. The Morgan fingerprint density at radius 1 is 1.17 bits per heavy atom. The summed E-state index contributed by atoms with van der Waals surface area (Å²) in [5.41, 5.74) is 4.12. The maximum absolute atomic E-state index is 9.96. The molecule has 5 heteroatoms. The molecule has 0 saturated heterocycles. The minimum absolute atomic E-state index is 0.336. The Bertz CT molecular complexity index is 786. The fraction of sp³-hybridized carbons (Fsp3) is 0.316. The fourth-order valence-electron chi connectivity index (χ4n) is 2.95. The zero-order valence-electron chi connectivity index (χ0n) is 14.1. The van der Waals surface area contributed by atoms with Crippen LogP contribution in [0.3, 0.4) is 0 Å². The van der Waals surface area contributed by atoms with Crippen LogP contribution in [0.15, 0.2) is 54.7 Å². The fourth-order valence-corrected chi connectivity index (χ4v) is 2.95. The lowest BCUT2D eigenvalue weighted by atomic mass is 10.1. The van der Waals surface area contributed by atoms with Crippen LogP contribution in [0, 0.1) is 0 Å². The highest BCUT2D eigenvalue weighted by Gasteiger charge is 2.16. The van der Waals surface area contributed by atoms with Crippen molar-refractivity contribution in [3.8, 4) is 11.3 Å². The second-order valence-corrected chi connectivity index (χ2v) is 6.01. The predicted molar refractivity (Wildman–Crippen MR) is 94.8 cm³/mol. The van der Waals surface area contributed by atoms with E-state index in [1.165, 1.54) is 0 Å². The molecular formula is C19H23N3O2. The van der Waals surface area contributed by atoms with E-state index in [2.05, 4.69) is 21.4 Å². The number of ether oxygens (including phenoxy) is 1. The van der Waals surface area contributed by atoms with Gasteiger partial charge in [-0.15, -0.1) is 0 Å². The van der Waals surface area contributed by atoms with E-state index in [1.54, 1.807) is 7.11 Å². The minimum Gasteiger partial charge on any atom is -0.389 e. The number of nitrogens with zero attached hydrogens (tertiary/aromatic N) is 3. The normalized spacial score (nSPS) is 12.8. The third kappa shape index (κ3) is 3.64. The number of imidazole rings is 1. The summed E-state index contributed by atoms with van der Waals surface area (Å²) in [6.07, 6.45) is 1.53. The number of pyridine rings is 1. The average Bonchev–Trinajstić information content (AvgIpc) is 2.94. The van der Waals surface area contributed by atoms with Crippen molar-refractivity contribution in [2.45, 2.75) is 12.6 Å². The van der Waals surface area contributed by atoms with Crippen LogP contribution in [0.4, 0.5) is 0 Å². The van der Waals surface area contributed by atoms with Gasteiger partial charge in [-0.05, 0) is 19.2 Å². The van der Waals surface area contributed by atoms with E-state index in [0.29, 0.717) is 19.7 Å². The summed E-state index contributed by atoms with van der Waals surface area (Å²) < 4.78 is 7.12. The van der Waals surface area contributed by atoms with E-state index in [4.69, 9.17) is 9.72 Å². The number of hydrogen-bond donors (Lipinski definition) is 1. The van der Waals surface area contributed by atoms with Gasteiger partial charge in [0.2, 0.25) is 0 Å². The third-order valence-electron chi connectivity index (χ3n) is 3.98. The molecule has 1 atom stereocenters. The lowest BCUT2D eigenvalue weighted by Gasteiger charge is -2.20. The number of hydrogen-bond acceptors (Lipinski definition) is 4. The SMILES string of the molecule is COCC(O)CN(C)Cc1c(-c2ccccc2)nc2ccccn12. The first-order chi connectivity index (χ1) is 11.7. The molecule has 0 aliphatic carbocycles. The summed E-state index contributed by atoms with van der Waals surface area (Å²) in [5.74, 6) is 0. The van der Waals surface area contributed by atoms with Crippen LogP contribution >= 0.6 is 0 Å². The highest BCUT2D eigenvalue weighted by molar-refractivity contribution is 5.66. The van der Waals surface area contributed by atoms with Crippen molar-refractivity contribution in [2.24, 2.45) is 0 Å². The number of aromatic nitrogens is 2. The van der Waals surface area contributed by atoms with Gasteiger partial charge in [0.25, 0.3) is 0 Å². The molecular weight excluding hydrogens is 302 g/mol. The molecule has 0 fully saturated rings. The molecule has 3 aromatic rings. The van der Waals surface area contributed by atoms with Crippen LogP contribution in [-0.4, -0.2) is 52.8 Å². The van der Waals surface area contributed by atoms with Crippen molar-refractivity contribution < 1.29 is 9.84 Å². The summed E-state index contributed by atoms with van der Waals surface area (Å²) in [5, 5.41) is 9.96. The van der Waals surface area contributed by atoms with Gasteiger partial charge < -0.3 is 14.2 Å². The molecule has 0 spiro atoms. The molecule has 126 valence electrons. The van der Waals surface area contributed by atoms with E-state index in [-0.39, 0.29) is 0 Å². The zero-order valence-corrected chi connectivity index (χ0v) is 14.1. The van der Waals surface area contributed by atoms with Crippen LogP contribution < -0.4 is 0 Å². The molecule has 0 radical (unpaired) electrons. The monoisotopic (exact) mass is 325 g/mol. The number of aliphatic hydroxyl groups excluding tert-OH is 1. The van der Waals surface area contributed by atoms with Crippen LogP contribution in [0.2, 0.25) is 0 Å². The van der Waals surface area contributed by atoms with Crippen LogP contribution in [0.1, 0.15) is 5.69 Å². The largest absolute Gasteiger partial charge is 0.389 e. The Kier molecular flexibility index (Phi) is 5.25. The first kappa shape index (κ1) is 16.6. The number of rotatable bonds is 7. The second-order valence-electron chi connectivity index (χ2n) is 6.01. The lowest BCUT2D eigenvalue weighted by Crippen LogP contribution is -2.32. The molecule has 0 aliphatic heterocycles. The van der Waals surface area contributed by atoms with Gasteiger partial charge >= 0.3 is 0 Å². The minimum atomic E-state index is -0.501. The van der Waals surface area contributed by atoms with Gasteiger partial charge in [0.1, 0.15) is 5.65 Å². The molecule has 1 unspecified atom stereocenters.